The predicted molar refractivity (Wildman–Crippen MR) is 89.1 cm³/mol. The number of rotatable bonds is 3. The molecule has 3 aliphatic rings. The van der Waals surface area contributed by atoms with Crippen LogP contribution in [-0.4, -0.2) is 54.5 Å². The lowest BCUT2D eigenvalue weighted by molar-refractivity contribution is -0.136. The van der Waals surface area contributed by atoms with Crippen molar-refractivity contribution in [2.75, 3.05) is 32.8 Å². The molecule has 3 saturated heterocycles. The number of benzene rings is 1. The van der Waals surface area contributed by atoms with Gasteiger partial charge in [-0.15, -0.1) is 0 Å². The molecule has 3 heterocycles. The third kappa shape index (κ3) is 2.81. The summed E-state index contributed by atoms with van der Waals surface area (Å²) in [6, 6.07) is 8.32. The van der Waals surface area contributed by atoms with Crippen LogP contribution in [0.3, 0.4) is 0 Å². The van der Waals surface area contributed by atoms with Gasteiger partial charge in [0.15, 0.2) is 0 Å². The average Bonchev–Trinajstić information content (AvgIpc) is 3.27. The van der Waals surface area contributed by atoms with Crippen LogP contribution in [0.5, 0.6) is 0 Å². The Hall–Kier alpha value is -1.88. The van der Waals surface area contributed by atoms with E-state index >= 15 is 0 Å². The van der Waals surface area contributed by atoms with E-state index < -0.39 is 0 Å². The van der Waals surface area contributed by atoms with Gasteiger partial charge in [0.1, 0.15) is 0 Å². The molecular formula is C19H24N2O3. The van der Waals surface area contributed by atoms with Crippen LogP contribution in [0.4, 0.5) is 0 Å². The number of likely N-dealkylation sites (tertiary alicyclic amines) is 2. The molecule has 3 aliphatic heterocycles. The first-order valence-electron chi connectivity index (χ1n) is 8.82. The highest BCUT2D eigenvalue weighted by atomic mass is 16.5. The number of amides is 2. The van der Waals surface area contributed by atoms with E-state index in [-0.39, 0.29) is 29.6 Å². The fourth-order valence-electron chi connectivity index (χ4n) is 4.28. The molecule has 0 unspecified atom stereocenters. The normalized spacial score (nSPS) is 29.4. The molecule has 0 saturated carbocycles. The van der Waals surface area contributed by atoms with Gasteiger partial charge in [-0.2, -0.15) is 0 Å². The Morgan fingerprint density at radius 1 is 1.29 bits per heavy atom. The van der Waals surface area contributed by atoms with E-state index in [1.165, 1.54) is 11.1 Å². The van der Waals surface area contributed by atoms with Crippen LogP contribution in [0, 0.1) is 24.7 Å². The number of nitrogens with zero attached hydrogens (tertiary/aromatic N) is 2. The van der Waals surface area contributed by atoms with Gasteiger partial charge < -0.3 is 14.5 Å². The first-order valence-corrected chi connectivity index (χ1v) is 8.82. The molecule has 0 aliphatic carbocycles. The predicted octanol–water partition coefficient (Wildman–Crippen LogP) is 1.45. The summed E-state index contributed by atoms with van der Waals surface area (Å²) < 4.78 is 5.32. The van der Waals surface area contributed by atoms with Crippen molar-refractivity contribution in [2.45, 2.75) is 19.9 Å². The quantitative estimate of drug-likeness (QED) is 0.844. The van der Waals surface area contributed by atoms with Crippen molar-refractivity contribution in [3.8, 4) is 0 Å². The van der Waals surface area contributed by atoms with E-state index in [9.17, 15) is 9.59 Å². The lowest BCUT2D eigenvalue weighted by Gasteiger charge is -2.23. The third-order valence-electron chi connectivity index (χ3n) is 5.57. The number of carbonyl (C=O) groups excluding carboxylic acids is 2. The first-order chi connectivity index (χ1) is 11.6. The van der Waals surface area contributed by atoms with Gasteiger partial charge in [0, 0.05) is 38.7 Å². The van der Waals surface area contributed by atoms with Gasteiger partial charge in [-0.3, -0.25) is 9.59 Å². The molecule has 3 fully saturated rings. The summed E-state index contributed by atoms with van der Waals surface area (Å²) in [7, 11) is 0. The summed E-state index contributed by atoms with van der Waals surface area (Å²) in [4.78, 5) is 29.1. The van der Waals surface area contributed by atoms with Crippen molar-refractivity contribution in [1.82, 2.24) is 9.80 Å². The standard InChI is InChI=1S/C19H24N2O3/c1-13-3-2-4-14(7-13)8-20-9-16-10-21(11-17(16)19(20)23)18(22)15-5-6-24-12-15/h2-4,7,15-17H,5-6,8-12H2,1H3/t15-,16-,17+/m1/s1. The number of hydrogen-bond donors (Lipinski definition) is 0. The SMILES string of the molecule is Cc1cccc(CN2C[C@@H]3CN(C(=O)[C@@H]4CCOC4)C[C@@H]3C2=O)c1. The van der Waals surface area contributed by atoms with Crippen LogP contribution in [0.1, 0.15) is 17.5 Å². The van der Waals surface area contributed by atoms with E-state index in [0.29, 0.717) is 26.3 Å². The highest BCUT2D eigenvalue weighted by Crippen LogP contribution is 2.34. The maximum absolute atomic E-state index is 12.7. The molecule has 0 N–H and O–H groups in total. The minimum Gasteiger partial charge on any atom is -0.381 e. The molecule has 24 heavy (non-hydrogen) atoms. The monoisotopic (exact) mass is 328 g/mol. The maximum Gasteiger partial charge on any atom is 0.228 e. The highest BCUT2D eigenvalue weighted by molar-refractivity contribution is 5.85. The number of carbonyl (C=O) groups is 2. The maximum atomic E-state index is 12.7. The fourth-order valence-corrected chi connectivity index (χ4v) is 4.28. The smallest absolute Gasteiger partial charge is 0.228 e. The summed E-state index contributed by atoms with van der Waals surface area (Å²) in [5, 5.41) is 0. The molecule has 1 aromatic rings. The van der Waals surface area contributed by atoms with Crippen LogP contribution in [-0.2, 0) is 20.9 Å². The van der Waals surface area contributed by atoms with E-state index in [2.05, 4.69) is 25.1 Å². The Kier molecular flexibility index (Phi) is 4.04. The lowest BCUT2D eigenvalue weighted by atomic mass is 10.0. The van der Waals surface area contributed by atoms with Crippen LogP contribution < -0.4 is 0 Å². The van der Waals surface area contributed by atoms with Crippen molar-refractivity contribution < 1.29 is 14.3 Å². The summed E-state index contributed by atoms with van der Waals surface area (Å²) in [5.41, 5.74) is 2.40. The number of aryl methyl sites for hydroxylation is 1. The molecule has 4 rings (SSSR count). The van der Waals surface area contributed by atoms with Gasteiger partial charge in [-0.1, -0.05) is 29.8 Å². The molecule has 128 valence electrons. The summed E-state index contributed by atoms with van der Waals surface area (Å²) in [5.74, 6) is 0.663. The molecule has 3 atom stereocenters. The van der Waals surface area contributed by atoms with Gasteiger partial charge in [-0.25, -0.2) is 0 Å². The zero-order valence-electron chi connectivity index (χ0n) is 14.1. The topological polar surface area (TPSA) is 49.9 Å². The van der Waals surface area contributed by atoms with Crippen LogP contribution in [0.15, 0.2) is 24.3 Å². The highest BCUT2D eigenvalue weighted by Gasteiger charge is 2.48. The number of hydrogen-bond acceptors (Lipinski definition) is 3. The van der Waals surface area contributed by atoms with Gasteiger partial charge in [0.2, 0.25) is 11.8 Å². The Labute approximate surface area is 142 Å². The zero-order valence-corrected chi connectivity index (χ0v) is 14.1. The van der Waals surface area contributed by atoms with Gasteiger partial charge >= 0.3 is 0 Å². The van der Waals surface area contributed by atoms with Crippen molar-refractivity contribution in [3.05, 3.63) is 35.4 Å². The van der Waals surface area contributed by atoms with E-state index in [0.717, 1.165) is 19.5 Å². The van der Waals surface area contributed by atoms with Gasteiger partial charge in [0.05, 0.1) is 18.4 Å². The second-order valence-corrected chi connectivity index (χ2v) is 7.38. The molecule has 0 bridgehead atoms. The molecule has 0 aromatic heterocycles. The summed E-state index contributed by atoms with van der Waals surface area (Å²) in [6.45, 7) is 6.04. The Bertz CT molecular complexity index is 654. The van der Waals surface area contributed by atoms with Crippen LogP contribution >= 0.6 is 0 Å². The van der Waals surface area contributed by atoms with Crippen molar-refractivity contribution >= 4 is 11.8 Å². The van der Waals surface area contributed by atoms with Gasteiger partial charge in [-0.05, 0) is 18.9 Å². The molecule has 0 spiro atoms. The molecular weight excluding hydrogens is 304 g/mol. The fraction of sp³-hybridized carbons (Fsp3) is 0.579. The Balaban J connectivity index is 1.38. The molecule has 0 radical (unpaired) electrons. The van der Waals surface area contributed by atoms with Crippen molar-refractivity contribution in [2.24, 2.45) is 17.8 Å². The number of ether oxygens (including phenoxy) is 1. The Morgan fingerprint density at radius 3 is 2.88 bits per heavy atom. The summed E-state index contributed by atoms with van der Waals surface area (Å²) >= 11 is 0. The molecule has 1 aromatic carbocycles. The lowest BCUT2D eigenvalue weighted by Crippen LogP contribution is -2.38. The first kappa shape index (κ1) is 15.6. The van der Waals surface area contributed by atoms with E-state index in [1.807, 2.05) is 15.9 Å². The molecule has 2 amide bonds. The van der Waals surface area contributed by atoms with Gasteiger partial charge in [0.25, 0.3) is 0 Å². The third-order valence-corrected chi connectivity index (χ3v) is 5.57. The second-order valence-electron chi connectivity index (χ2n) is 7.38. The largest absolute Gasteiger partial charge is 0.381 e. The molecule has 5 heteroatoms. The average molecular weight is 328 g/mol. The van der Waals surface area contributed by atoms with E-state index in [1.54, 1.807) is 0 Å². The number of fused-ring (bicyclic) bond motifs is 1. The zero-order chi connectivity index (χ0) is 16.7. The van der Waals surface area contributed by atoms with E-state index in [4.69, 9.17) is 4.74 Å². The van der Waals surface area contributed by atoms with Crippen LogP contribution in [0.2, 0.25) is 0 Å². The second kappa shape index (κ2) is 6.20. The minimum atomic E-state index is -0.0129. The summed E-state index contributed by atoms with van der Waals surface area (Å²) in [6.07, 6.45) is 0.818. The van der Waals surface area contributed by atoms with Crippen LogP contribution in [0.25, 0.3) is 0 Å². The van der Waals surface area contributed by atoms with Crippen molar-refractivity contribution in [1.29, 1.82) is 0 Å². The Morgan fingerprint density at radius 2 is 2.17 bits per heavy atom. The van der Waals surface area contributed by atoms with Crippen molar-refractivity contribution in [3.63, 3.8) is 0 Å². The minimum absolute atomic E-state index is 0.00215. The molecule has 5 nitrogen and oxygen atoms in total.